The van der Waals surface area contributed by atoms with Crippen LogP contribution in [0.1, 0.15) is 54.2 Å². The summed E-state index contributed by atoms with van der Waals surface area (Å²) in [6, 6.07) is 2.22. The summed E-state index contributed by atoms with van der Waals surface area (Å²) in [6.07, 6.45) is 5.33. The number of nitrogens with one attached hydrogen (secondary N) is 2. The van der Waals surface area contributed by atoms with E-state index in [9.17, 15) is 4.79 Å². The van der Waals surface area contributed by atoms with Gasteiger partial charge in [-0.2, -0.15) is 10.2 Å². The van der Waals surface area contributed by atoms with Crippen LogP contribution >= 0.6 is 0 Å². The molecule has 1 aliphatic rings. The first-order chi connectivity index (χ1) is 15.0. The maximum absolute atomic E-state index is 13.1. The first-order valence-corrected chi connectivity index (χ1v) is 10.9. The lowest BCUT2D eigenvalue weighted by Crippen LogP contribution is -2.45. The second-order valence-electron chi connectivity index (χ2n) is 8.54. The Kier molecular flexibility index (Phi) is 6.33. The number of aromatic amines is 1. The van der Waals surface area contributed by atoms with Gasteiger partial charge in [-0.3, -0.25) is 9.89 Å². The molecule has 31 heavy (non-hydrogen) atoms. The smallest absolute Gasteiger partial charge is 0.269 e. The molecule has 1 fully saturated rings. The molecule has 166 valence electrons. The molecule has 3 aromatic rings. The fourth-order valence-electron chi connectivity index (χ4n) is 4.31. The monoisotopic (exact) mass is 425 g/mol. The van der Waals surface area contributed by atoms with Gasteiger partial charge in [0, 0.05) is 50.1 Å². The van der Waals surface area contributed by atoms with Crippen LogP contribution in [-0.4, -0.2) is 75.0 Å². The molecule has 1 saturated heterocycles. The Balaban J connectivity index is 1.53. The van der Waals surface area contributed by atoms with Gasteiger partial charge in [0.2, 0.25) is 0 Å². The van der Waals surface area contributed by atoms with Gasteiger partial charge in [-0.05, 0) is 37.3 Å². The number of rotatable bonds is 7. The Morgan fingerprint density at radius 2 is 2.13 bits per heavy atom. The number of nitrogens with zero attached hydrogens (tertiary/aromatic N) is 5. The largest absolute Gasteiger partial charge is 0.383 e. The van der Waals surface area contributed by atoms with E-state index in [2.05, 4.69) is 44.3 Å². The first-order valence-electron chi connectivity index (χ1n) is 10.9. The standard InChI is InChI=1S/C22H31N7O2/c1-14(2)18-19(16-11-15(3)21-23-13-24-29(21)12-16)26-27-20(18)22(30)25-17-5-7-28(8-6-17)9-10-31-4/h11-14,17H,5-10H2,1-4H3,(H,25,30)(H,26,27). The van der Waals surface area contributed by atoms with Crippen LogP contribution < -0.4 is 5.32 Å². The molecule has 2 N–H and O–H groups in total. The summed E-state index contributed by atoms with van der Waals surface area (Å²) in [5.74, 6) is 0.0495. The third-order valence-corrected chi connectivity index (χ3v) is 5.98. The number of hydrogen-bond acceptors (Lipinski definition) is 6. The Morgan fingerprint density at radius 1 is 1.35 bits per heavy atom. The molecule has 1 aliphatic heterocycles. The molecule has 0 aromatic carbocycles. The van der Waals surface area contributed by atoms with Crippen molar-refractivity contribution in [3.8, 4) is 11.3 Å². The molecule has 0 atom stereocenters. The van der Waals surface area contributed by atoms with E-state index in [1.165, 1.54) is 0 Å². The summed E-state index contributed by atoms with van der Waals surface area (Å²) < 4.78 is 6.91. The molecule has 0 bridgehead atoms. The number of fused-ring (bicyclic) bond motifs is 1. The molecule has 0 aliphatic carbocycles. The molecular formula is C22H31N7O2. The number of hydrogen-bond donors (Lipinski definition) is 2. The van der Waals surface area contributed by atoms with E-state index in [1.807, 2.05) is 19.2 Å². The minimum atomic E-state index is -0.0867. The number of H-pyrrole nitrogens is 1. The molecule has 3 aromatic heterocycles. The number of piperidine rings is 1. The van der Waals surface area contributed by atoms with Crippen LogP contribution in [0.5, 0.6) is 0 Å². The topological polar surface area (TPSA) is 100 Å². The minimum Gasteiger partial charge on any atom is -0.383 e. The molecule has 9 nitrogen and oxygen atoms in total. The summed E-state index contributed by atoms with van der Waals surface area (Å²) in [5.41, 5.74) is 5.01. The van der Waals surface area contributed by atoms with E-state index in [0.717, 1.165) is 67.1 Å². The fraction of sp³-hybridized carbons (Fsp3) is 0.545. The van der Waals surface area contributed by atoms with E-state index in [-0.39, 0.29) is 17.9 Å². The predicted octanol–water partition coefficient (Wildman–Crippen LogP) is 2.39. The summed E-state index contributed by atoms with van der Waals surface area (Å²) >= 11 is 0. The van der Waals surface area contributed by atoms with Gasteiger partial charge >= 0.3 is 0 Å². The van der Waals surface area contributed by atoms with Gasteiger partial charge in [0.1, 0.15) is 12.0 Å². The third kappa shape index (κ3) is 4.47. The summed E-state index contributed by atoms with van der Waals surface area (Å²) in [4.78, 5) is 19.8. The van der Waals surface area contributed by atoms with Crippen LogP contribution in [0.3, 0.4) is 0 Å². The Hall–Kier alpha value is -2.78. The van der Waals surface area contributed by atoms with Crippen molar-refractivity contribution < 1.29 is 9.53 Å². The van der Waals surface area contributed by atoms with Gasteiger partial charge in [0.25, 0.3) is 5.91 Å². The van der Waals surface area contributed by atoms with Crippen molar-refractivity contribution >= 4 is 11.6 Å². The normalized spacial score (nSPS) is 15.8. The van der Waals surface area contributed by atoms with E-state index >= 15 is 0 Å². The molecule has 4 rings (SSSR count). The van der Waals surface area contributed by atoms with Crippen LogP contribution in [0.4, 0.5) is 0 Å². The Bertz CT molecular complexity index is 1050. The number of ether oxygens (including phenoxy) is 1. The lowest BCUT2D eigenvalue weighted by molar-refractivity contribution is 0.0886. The Morgan fingerprint density at radius 3 is 2.84 bits per heavy atom. The van der Waals surface area contributed by atoms with Gasteiger partial charge in [-0.1, -0.05) is 13.8 Å². The molecule has 0 saturated carbocycles. The minimum absolute atomic E-state index is 0.0867. The van der Waals surface area contributed by atoms with Crippen molar-refractivity contribution in [1.82, 2.24) is 35.0 Å². The molecule has 0 unspecified atom stereocenters. The first kappa shape index (κ1) is 21.5. The van der Waals surface area contributed by atoms with Crippen molar-refractivity contribution in [3.05, 3.63) is 35.4 Å². The second kappa shape index (κ2) is 9.15. The fourth-order valence-corrected chi connectivity index (χ4v) is 4.31. The summed E-state index contributed by atoms with van der Waals surface area (Å²) in [6.45, 7) is 9.79. The molecule has 0 spiro atoms. The van der Waals surface area contributed by atoms with Crippen molar-refractivity contribution in [2.45, 2.75) is 45.6 Å². The van der Waals surface area contributed by atoms with Crippen LogP contribution in [0.2, 0.25) is 0 Å². The van der Waals surface area contributed by atoms with Crippen LogP contribution in [0.15, 0.2) is 18.6 Å². The van der Waals surface area contributed by atoms with E-state index in [0.29, 0.717) is 5.69 Å². The molecule has 0 radical (unpaired) electrons. The number of aromatic nitrogens is 5. The SMILES string of the molecule is COCCN1CCC(NC(=O)c2[nH]nc(-c3cc(C)c4ncnn4c3)c2C(C)C)CC1. The number of likely N-dealkylation sites (tertiary alicyclic amines) is 1. The van der Waals surface area contributed by atoms with Crippen LogP contribution in [-0.2, 0) is 4.74 Å². The summed E-state index contributed by atoms with van der Waals surface area (Å²) in [5, 5.41) is 15.0. The molecular weight excluding hydrogens is 394 g/mol. The highest BCUT2D eigenvalue weighted by molar-refractivity contribution is 5.96. The average Bonchev–Trinajstić information content (AvgIpc) is 3.40. The quantitative estimate of drug-likeness (QED) is 0.603. The predicted molar refractivity (Wildman–Crippen MR) is 118 cm³/mol. The van der Waals surface area contributed by atoms with Gasteiger partial charge in [0.15, 0.2) is 5.65 Å². The van der Waals surface area contributed by atoms with Gasteiger partial charge in [-0.25, -0.2) is 9.50 Å². The van der Waals surface area contributed by atoms with Gasteiger partial charge < -0.3 is 15.0 Å². The number of amides is 1. The lowest BCUT2D eigenvalue weighted by Gasteiger charge is -2.32. The molecule has 1 amide bonds. The zero-order chi connectivity index (χ0) is 22.0. The highest BCUT2D eigenvalue weighted by atomic mass is 16.5. The van der Waals surface area contributed by atoms with Crippen LogP contribution in [0.25, 0.3) is 16.9 Å². The molecule has 9 heteroatoms. The number of carbonyl (C=O) groups excluding carboxylic acids is 1. The highest BCUT2D eigenvalue weighted by Gasteiger charge is 2.26. The van der Waals surface area contributed by atoms with Crippen molar-refractivity contribution in [1.29, 1.82) is 0 Å². The van der Waals surface area contributed by atoms with Crippen molar-refractivity contribution in [2.75, 3.05) is 33.4 Å². The highest BCUT2D eigenvalue weighted by Crippen LogP contribution is 2.31. The lowest BCUT2D eigenvalue weighted by atomic mass is 9.96. The third-order valence-electron chi connectivity index (χ3n) is 5.98. The number of methoxy groups -OCH3 is 1. The molecule has 4 heterocycles. The van der Waals surface area contributed by atoms with E-state index < -0.39 is 0 Å². The number of carbonyl (C=O) groups is 1. The van der Waals surface area contributed by atoms with E-state index in [4.69, 9.17) is 4.74 Å². The summed E-state index contributed by atoms with van der Waals surface area (Å²) in [7, 11) is 1.73. The number of pyridine rings is 1. The van der Waals surface area contributed by atoms with Crippen molar-refractivity contribution in [3.63, 3.8) is 0 Å². The van der Waals surface area contributed by atoms with Gasteiger partial charge in [-0.15, -0.1) is 0 Å². The van der Waals surface area contributed by atoms with E-state index in [1.54, 1.807) is 18.0 Å². The zero-order valence-electron chi connectivity index (χ0n) is 18.7. The second-order valence-corrected chi connectivity index (χ2v) is 8.54. The maximum Gasteiger partial charge on any atom is 0.269 e. The van der Waals surface area contributed by atoms with Gasteiger partial charge in [0.05, 0.1) is 12.3 Å². The van der Waals surface area contributed by atoms with Crippen LogP contribution in [0, 0.1) is 6.92 Å². The number of aryl methyl sites for hydroxylation is 1. The maximum atomic E-state index is 13.1. The zero-order valence-corrected chi connectivity index (χ0v) is 18.7. The Labute approximate surface area is 182 Å². The van der Waals surface area contributed by atoms with Crippen molar-refractivity contribution in [2.24, 2.45) is 0 Å². The average molecular weight is 426 g/mol.